The van der Waals surface area contributed by atoms with E-state index in [2.05, 4.69) is 36.4 Å². The number of nitrogens with one attached hydrogen (secondary N) is 2. The lowest BCUT2D eigenvalue weighted by atomic mass is 10.1. The lowest BCUT2D eigenvalue weighted by molar-refractivity contribution is 0.271. The first-order valence-corrected chi connectivity index (χ1v) is 11.4. The highest BCUT2D eigenvalue weighted by Crippen LogP contribution is 2.18. The number of ether oxygens (including phenoxy) is 1. The summed E-state index contributed by atoms with van der Waals surface area (Å²) >= 11 is 0. The molecule has 0 spiro atoms. The van der Waals surface area contributed by atoms with Gasteiger partial charge in [-0.25, -0.2) is 12.7 Å². The third-order valence-corrected chi connectivity index (χ3v) is 6.18. The van der Waals surface area contributed by atoms with E-state index in [1.807, 2.05) is 24.3 Å². The third kappa shape index (κ3) is 10.5. The molecule has 1 atom stereocenters. The van der Waals surface area contributed by atoms with Crippen LogP contribution in [0.3, 0.4) is 0 Å². The Labute approximate surface area is 193 Å². The summed E-state index contributed by atoms with van der Waals surface area (Å²) in [5.74, 6) is 2.18. The molecule has 0 fully saturated rings. The monoisotopic (exact) mass is 540 g/mol. The number of nitrogens with zero attached hydrogens (tertiary/aromatic N) is 2. The van der Waals surface area contributed by atoms with Gasteiger partial charge in [0.2, 0.25) is 10.0 Å². The maximum atomic E-state index is 11.7. The fraction of sp³-hybridized carbons (Fsp3) is 0.650. The minimum atomic E-state index is -3.12. The van der Waals surface area contributed by atoms with Gasteiger partial charge in [0.1, 0.15) is 5.75 Å². The van der Waals surface area contributed by atoms with Crippen molar-refractivity contribution in [3.8, 4) is 5.75 Å². The molecule has 0 aliphatic heterocycles. The SMILES string of the molecule is CCS(=O)(=O)N(C)CCCNC(=NC)NC(C)c1ccc(OCC(C)C)cc1.I. The van der Waals surface area contributed by atoms with Gasteiger partial charge in [-0.15, -0.1) is 24.0 Å². The zero-order chi connectivity index (χ0) is 21.2. The highest BCUT2D eigenvalue weighted by molar-refractivity contribution is 14.0. The summed E-state index contributed by atoms with van der Waals surface area (Å²) in [6.07, 6.45) is 0.701. The van der Waals surface area contributed by atoms with Crippen LogP contribution in [-0.4, -0.2) is 58.2 Å². The molecule has 1 aromatic carbocycles. The quantitative estimate of drug-likeness (QED) is 0.195. The van der Waals surface area contributed by atoms with Crippen LogP contribution in [0.15, 0.2) is 29.3 Å². The Bertz CT molecular complexity index is 709. The Balaban J connectivity index is 0.00000784. The molecule has 168 valence electrons. The second kappa shape index (κ2) is 14.0. The molecule has 0 heterocycles. The van der Waals surface area contributed by atoms with E-state index in [9.17, 15) is 8.42 Å². The molecule has 1 unspecified atom stereocenters. The van der Waals surface area contributed by atoms with Crippen molar-refractivity contribution in [2.45, 2.75) is 40.2 Å². The van der Waals surface area contributed by atoms with Crippen LogP contribution in [0.25, 0.3) is 0 Å². The van der Waals surface area contributed by atoms with Crippen molar-refractivity contribution in [1.29, 1.82) is 0 Å². The van der Waals surface area contributed by atoms with Crippen LogP contribution in [0.1, 0.15) is 45.7 Å². The number of aliphatic imine (C=N–C) groups is 1. The Morgan fingerprint density at radius 1 is 1.21 bits per heavy atom. The van der Waals surface area contributed by atoms with Gasteiger partial charge in [0, 0.05) is 27.2 Å². The van der Waals surface area contributed by atoms with E-state index in [0.717, 1.165) is 11.3 Å². The standard InChI is InChI=1S/C20H36N4O3S.HI/c1-7-28(25,26)24(6)14-8-13-22-20(21-5)23-17(4)18-9-11-19(12-10-18)27-15-16(2)3;/h9-12,16-17H,7-8,13-15H2,1-6H3,(H2,21,22,23);1H. The van der Waals surface area contributed by atoms with Crippen LogP contribution in [0.4, 0.5) is 0 Å². The predicted octanol–water partition coefficient (Wildman–Crippen LogP) is 3.24. The molecule has 0 saturated carbocycles. The molecule has 0 aromatic heterocycles. The first-order chi connectivity index (χ1) is 13.2. The molecular formula is C20H37IN4O3S. The minimum absolute atomic E-state index is 0. The average Bonchev–Trinajstić information content (AvgIpc) is 2.68. The topological polar surface area (TPSA) is 83.0 Å². The molecule has 0 aliphatic carbocycles. The fourth-order valence-electron chi connectivity index (χ4n) is 2.47. The van der Waals surface area contributed by atoms with Crippen LogP contribution in [0.2, 0.25) is 0 Å². The molecule has 29 heavy (non-hydrogen) atoms. The Morgan fingerprint density at radius 3 is 2.34 bits per heavy atom. The Morgan fingerprint density at radius 2 is 1.83 bits per heavy atom. The number of sulfonamides is 1. The lowest BCUT2D eigenvalue weighted by Gasteiger charge is -2.20. The minimum Gasteiger partial charge on any atom is -0.493 e. The maximum absolute atomic E-state index is 11.7. The summed E-state index contributed by atoms with van der Waals surface area (Å²) in [6, 6.07) is 8.14. The van der Waals surface area contributed by atoms with Crippen LogP contribution in [0, 0.1) is 5.92 Å². The molecule has 0 saturated heterocycles. The molecule has 9 heteroatoms. The van der Waals surface area contributed by atoms with E-state index in [1.54, 1.807) is 21.0 Å². The number of hydrogen-bond donors (Lipinski definition) is 2. The molecule has 7 nitrogen and oxygen atoms in total. The molecule has 1 aromatic rings. The van der Waals surface area contributed by atoms with Gasteiger partial charge >= 0.3 is 0 Å². The Kier molecular flexibility index (Phi) is 13.5. The second-order valence-electron chi connectivity index (χ2n) is 7.21. The van der Waals surface area contributed by atoms with Gasteiger partial charge < -0.3 is 15.4 Å². The van der Waals surface area contributed by atoms with Crippen molar-refractivity contribution in [2.24, 2.45) is 10.9 Å². The number of hydrogen-bond acceptors (Lipinski definition) is 4. The fourth-order valence-corrected chi connectivity index (χ4v) is 3.31. The number of halogens is 1. The molecule has 1 rings (SSSR count). The number of benzene rings is 1. The van der Waals surface area contributed by atoms with E-state index in [1.165, 1.54) is 4.31 Å². The van der Waals surface area contributed by atoms with Crippen molar-refractivity contribution in [3.05, 3.63) is 29.8 Å². The third-order valence-electron chi connectivity index (χ3n) is 4.32. The van der Waals surface area contributed by atoms with Gasteiger partial charge in [-0.05, 0) is 43.9 Å². The zero-order valence-electron chi connectivity index (χ0n) is 18.4. The van der Waals surface area contributed by atoms with Gasteiger partial charge in [0.25, 0.3) is 0 Å². The Hall–Kier alpha value is -1.07. The molecule has 0 radical (unpaired) electrons. The summed E-state index contributed by atoms with van der Waals surface area (Å²) in [5.41, 5.74) is 1.13. The first-order valence-electron chi connectivity index (χ1n) is 9.83. The van der Waals surface area contributed by atoms with E-state index >= 15 is 0 Å². The summed E-state index contributed by atoms with van der Waals surface area (Å²) < 4.78 is 30.6. The lowest BCUT2D eigenvalue weighted by Crippen LogP contribution is -2.40. The van der Waals surface area contributed by atoms with Crippen molar-refractivity contribution >= 4 is 40.0 Å². The van der Waals surface area contributed by atoms with Crippen molar-refractivity contribution in [2.75, 3.05) is 39.5 Å². The highest BCUT2D eigenvalue weighted by Gasteiger charge is 2.14. The average molecular weight is 541 g/mol. The summed E-state index contributed by atoms with van der Waals surface area (Å²) in [6.45, 7) is 9.79. The maximum Gasteiger partial charge on any atom is 0.213 e. The summed E-state index contributed by atoms with van der Waals surface area (Å²) in [5, 5.41) is 6.58. The van der Waals surface area contributed by atoms with Crippen molar-refractivity contribution in [1.82, 2.24) is 14.9 Å². The normalized spacial score (nSPS) is 13.2. The van der Waals surface area contributed by atoms with Crippen LogP contribution < -0.4 is 15.4 Å². The summed E-state index contributed by atoms with van der Waals surface area (Å²) in [4.78, 5) is 4.24. The van der Waals surface area contributed by atoms with Gasteiger partial charge in [0.05, 0.1) is 18.4 Å². The molecule has 0 aliphatic rings. The van der Waals surface area contributed by atoms with E-state index in [4.69, 9.17) is 4.74 Å². The largest absolute Gasteiger partial charge is 0.493 e. The first kappa shape index (κ1) is 27.9. The second-order valence-corrected chi connectivity index (χ2v) is 9.58. The predicted molar refractivity (Wildman–Crippen MR) is 132 cm³/mol. The van der Waals surface area contributed by atoms with Crippen LogP contribution in [0.5, 0.6) is 5.75 Å². The van der Waals surface area contributed by atoms with Crippen LogP contribution in [-0.2, 0) is 10.0 Å². The van der Waals surface area contributed by atoms with E-state index < -0.39 is 10.0 Å². The van der Waals surface area contributed by atoms with Crippen molar-refractivity contribution < 1.29 is 13.2 Å². The highest BCUT2D eigenvalue weighted by atomic mass is 127. The van der Waals surface area contributed by atoms with E-state index in [-0.39, 0.29) is 35.8 Å². The zero-order valence-corrected chi connectivity index (χ0v) is 21.6. The number of guanidine groups is 1. The molecular weight excluding hydrogens is 503 g/mol. The summed E-state index contributed by atoms with van der Waals surface area (Å²) in [7, 11) is 0.212. The smallest absolute Gasteiger partial charge is 0.213 e. The molecule has 0 amide bonds. The van der Waals surface area contributed by atoms with Crippen molar-refractivity contribution in [3.63, 3.8) is 0 Å². The van der Waals surface area contributed by atoms with E-state index in [0.29, 0.717) is 38.0 Å². The molecule has 2 N–H and O–H groups in total. The van der Waals surface area contributed by atoms with Gasteiger partial charge in [-0.2, -0.15) is 0 Å². The van der Waals surface area contributed by atoms with Gasteiger partial charge in [-0.3, -0.25) is 4.99 Å². The van der Waals surface area contributed by atoms with Crippen LogP contribution >= 0.6 is 24.0 Å². The van der Waals surface area contributed by atoms with Gasteiger partial charge in [0.15, 0.2) is 5.96 Å². The number of rotatable bonds is 11. The molecule has 0 bridgehead atoms. The van der Waals surface area contributed by atoms with Gasteiger partial charge in [-0.1, -0.05) is 26.0 Å².